The van der Waals surface area contributed by atoms with Crippen LogP contribution in [0.15, 0.2) is 42.5 Å². The van der Waals surface area contributed by atoms with Gasteiger partial charge in [0.2, 0.25) is 0 Å². The number of aliphatic hydroxyl groups is 1. The van der Waals surface area contributed by atoms with Gasteiger partial charge in [-0.1, -0.05) is 41.9 Å². The van der Waals surface area contributed by atoms with E-state index in [0.717, 1.165) is 13.0 Å². The summed E-state index contributed by atoms with van der Waals surface area (Å²) in [5.74, 6) is 0.413. The lowest BCUT2D eigenvalue weighted by Gasteiger charge is -2.36. The van der Waals surface area contributed by atoms with Crippen LogP contribution in [-0.2, 0) is 12.8 Å². The second kappa shape index (κ2) is 8.49. The predicted octanol–water partition coefficient (Wildman–Crippen LogP) is 3.51. The molecular weight excluding hydrogens is 356 g/mol. The maximum absolute atomic E-state index is 10.7. The number of nitrogens with zero attached hydrogens (tertiary/aromatic N) is 1. The van der Waals surface area contributed by atoms with Crippen molar-refractivity contribution in [3.05, 3.63) is 68.7 Å². The average molecular weight is 379 g/mol. The van der Waals surface area contributed by atoms with Crippen molar-refractivity contribution in [2.24, 2.45) is 5.73 Å². The van der Waals surface area contributed by atoms with Gasteiger partial charge in [0.1, 0.15) is 16.4 Å². The molecule has 0 amide bonds. The number of nitro groups is 1. The molecule has 3 N–H and O–H groups in total. The summed E-state index contributed by atoms with van der Waals surface area (Å²) in [7, 11) is 0. The molecule has 6 nitrogen and oxygen atoms in total. The molecule has 2 aromatic carbocycles. The molecule has 140 valence electrons. The Kier molecular flexibility index (Phi) is 6.58. The fraction of sp³-hybridized carbons (Fsp3) is 0.368. The van der Waals surface area contributed by atoms with Crippen molar-refractivity contribution >= 4 is 17.3 Å². The van der Waals surface area contributed by atoms with Gasteiger partial charge in [-0.3, -0.25) is 10.1 Å². The van der Waals surface area contributed by atoms with E-state index in [9.17, 15) is 15.2 Å². The Balaban J connectivity index is 0.000000228. The third-order valence-electron chi connectivity index (χ3n) is 4.19. The van der Waals surface area contributed by atoms with Gasteiger partial charge in [0.25, 0.3) is 5.69 Å². The van der Waals surface area contributed by atoms with E-state index >= 15 is 0 Å². The topological polar surface area (TPSA) is 98.6 Å². The minimum atomic E-state index is -0.755. The summed E-state index contributed by atoms with van der Waals surface area (Å²) >= 11 is 5.80. The van der Waals surface area contributed by atoms with Crippen LogP contribution < -0.4 is 10.5 Å². The molecule has 1 heterocycles. The maximum atomic E-state index is 10.7. The van der Waals surface area contributed by atoms with Crippen LogP contribution >= 0.6 is 11.6 Å². The Morgan fingerprint density at radius 3 is 2.58 bits per heavy atom. The third-order valence-corrected chi connectivity index (χ3v) is 4.49. The van der Waals surface area contributed by atoms with Gasteiger partial charge in [0.05, 0.1) is 17.1 Å². The molecule has 7 heteroatoms. The number of halogens is 1. The van der Waals surface area contributed by atoms with Gasteiger partial charge in [-0.25, -0.2) is 0 Å². The van der Waals surface area contributed by atoms with Crippen LogP contribution in [0.5, 0.6) is 5.75 Å². The smallest absolute Gasteiger partial charge is 0.291 e. The van der Waals surface area contributed by atoms with Crippen LogP contribution in [0.2, 0.25) is 5.02 Å². The van der Waals surface area contributed by atoms with Crippen LogP contribution in [0.25, 0.3) is 0 Å². The third kappa shape index (κ3) is 4.94. The van der Waals surface area contributed by atoms with Gasteiger partial charge >= 0.3 is 0 Å². The highest BCUT2D eigenvalue weighted by molar-refractivity contribution is 6.32. The number of hydrogen-bond donors (Lipinski definition) is 2. The Bertz CT molecular complexity index is 766. The quantitative estimate of drug-likeness (QED) is 0.629. The first-order chi connectivity index (χ1) is 12.2. The van der Waals surface area contributed by atoms with E-state index in [-0.39, 0.29) is 10.7 Å². The molecule has 26 heavy (non-hydrogen) atoms. The summed E-state index contributed by atoms with van der Waals surface area (Å²) in [4.78, 5) is 10.2. The summed E-state index contributed by atoms with van der Waals surface area (Å²) in [6.45, 7) is 4.21. The van der Waals surface area contributed by atoms with Gasteiger partial charge < -0.3 is 15.6 Å². The Hall–Kier alpha value is -2.15. The fourth-order valence-corrected chi connectivity index (χ4v) is 2.85. The van der Waals surface area contributed by atoms with Crippen molar-refractivity contribution in [1.82, 2.24) is 0 Å². The van der Waals surface area contributed by atoms with E-state index < -0.39 is 16.6 Å². The molecule has 0 bridgehead atoms. The first-order valence-electron chi connectivity index (χ1n) is 8.32. The number of aliphatic hydroxyl groups excluding tert-OH is 1. The SMILES string of the molecule is CC1(C)Oc2cc([N+](=O)[O-])c(Cl)cc2CC1O.NCCc1ccccc1. The minimum Gasteiger partial charge on any atom is -0.485 e. The number of fused-ring (bicyclic) bond motifs is 1. The van der Waals surface area contributed by atoms with Crippen LogP contribution in [-0.4, -0.2) is 28.3 Å². The monoisotopic (exact) mass is 378 g/mol. The Morgan fingerprint density at radius 1 is 1.35 bits per heavy atom. The second-order valence-electron chi connectivity index (χ2n) is 6.62. The summed E-state index contributed by atoms with van der Waals surface area (Å²) < 4.78 is 5.56. The maximum Gasteiger partial charge on any atom is 0.291 e. The van der Waals surface area contributed by atoms with Crippen molar-refractivity contribution in [2.45, 2.75) is 38.4 Å². The number of nitrogens with two attached hydrogens (primary N) is 1. The summed E-state index contributed by atoms with van der Waals surface area (Å²) in [5.41, 5.74) is 6.43. The van der Waals surface area contributed by atoms with Gasteiger partial charge in [0, 0.05) is 6.42 Å². The molecule has 0 spiro atoms. The lowest BCUT2D eigenvalue weighted by molar-refractivity contribution is -0.384. The van der Waals surface area contributed by atoms with Gasteiger partial charge in [-0.2, -0.15) is 0 Å². The van der Waals surface area contributed by atoms with E-state index in [1.54, 1.807) is 13.8 Å². The molecule has 1 unspecified atom stereocenters. The largest absolute Gasteiger partial charge is 0.485 e. The predicted molar refractivity (Wildman–Crippen MR) is 102 cm³/mol. The molecule has 0 aliphatic carbocycles. The number of benzene rings is 2. The Labute approximate surface area is 157 Å². The normalized spacial score (nSPS) is 17.3. The highest BCUT2D eigenvalue weighted by Gasteiger charge is 2.36. The molecule has 1 aliphatic rings. The summed E-state index contributed by atoms with van der Waals surface area (Å²) in [5, 5.41) is 20.7. The van der Waals surface area contributed by atoms with Gasteiger partial charge in [0.15, 0.2) is 0 Å². The summed E-state index contributed by atoms with van der Waals surface area (Å²) in [6.07, 6.45) is 0.702. The molecule has 3 rings (SSSR count). The standard InChI is InChI=1S/C11H12ClNO4.C8H11N/c1-11(2)10(14)4-6-3-7(12)8(13(15)16)5-9(6)17-11;9-7-6-8-4-2-1-3-5-8/h3,5,10,14H,4H2,1-2H3;1-5H,6-7,9H2. The molecule has 0 fully saturated rings. The number of ether oxygens (including phenoxy) is 1. The van der Waals surface area contributed by atoms with Crippen molar-refractivity contribution in [1.29, 1.82) is 0 Å². The van der Waals surface area contributed by atoms with Crippen LogP contribution in [0.1, 0.15) is 25.0 Å². The zero-order chi connectivity index (χ0) is 19.3. The molecule has 1 atom stereocenters. The van der Waals surface area contributed by atoms with E-state index in [1.807, 2.05) is 18.2 Å². The molecule has 0 saturated carbocycles. The average Bonchev–Trinajstić information content (AvgIpc) is 2.57. The molecule has 1 aliphatic heterocycles. The minimum absolute atomic E-state index is 0.0595. The van der Waals surface area contributed by atoms with E-state index in [4.69, 9.17) is 22.1 Å². The molecule has 2 aromatic rings. The van der Waals surface area contributed by atoms with E-state index in [2.05, 4.69) is 12.1 Å². The Morgan fingerprint density at radius 2 is 2.00 bits per heavy atom. The molecule has 0 radical (unpaired) electrons. The van der Waals surface area contributed by atoms with Gasteiger partial charge in [-0.15, -0.1) is 0 Å². The lowest BCUT2D eigenvalue weighted by atomic mass is 9.91. The van der Waals surface area contributed by atoms with Crippen molar-refractivity contribution < 1.29 is 14.8 Å². The van der Waals surface area contributed by atoms with E-state index in [1.165, 1.54) is 17.7 Å². The van der Waals surface area contributed by atoms with Crippen LogP contribution in [0.3, 0.4) is 0 Å². The summed E-state index contributed by atoms with van der Waals surface area (Å²) in [6, 6.07) is 13.1. The van der Waals surface area contributed by atoms with Crippen molar-refractivity contribution in [3.63, 3.8) is 0 Å². The van der Waals surface area contributed by atoms with Crippen molar-refractivity contribution in [2.75, 3.05) is 6.54 Å². The molecule has 0 saturated heterocycles. The van der Waals surface area contributed by atoms with Crippen LogP contribution in [0, 0.1) is 10.1 Å². The highest BCUT2D eigenvalue weighted by Crippen LogP contribution is 2.39. The fourth-order valence-electron chi connectivity index (χ4n) is 2.60. The van der Waals surface area contributed by atoms with Gasteiger partial charge in [-0.05, 0) is 44.0 Å². The van der Waals surface area contributed by atoms with Crippen LogP contribution in [0.4, 0.5) is 5.69 Å². The highest BCUT2D eigenvalue weighted by atomic mass is 35.5. The molecular formula is C19H23ClN2O4. The zero-order valence-corrected chi connectivity index (χ0v) is 15.6. The second-order valence-corrected chi connectivity index (χ2v) is 7.03. The zero-order valence-electron chi connectivity index (χ0n) is 14.8. The number of hydrogen-bond acceptors (Lipinski definition) is 5. The number of rotatable bonds is 3. The van der Waals surface area contributed by atoms with Crippen molar-refractivity contribution in [3.8, 4) is 5.75 Å². The molecule has 0 aromatic heterocycles. The van der Waals surface area contributed by atoms with E-state index in [0.29, 0.717) is 17.7 Å². The first-order valence-corrected chi connectivity index (χ1v) is 8.70. The first kappa shape index (κ1) is 20.2. The lowest BCUT2D eigenvalue weighted by Crippen LogP contribution is -2.46. The number of nitro benzene ring substituents is 1.